The summed E-state index contributed by atoms with van der Waals surface area (Å²) >= 11 is 0. The number of aryl methyl sites for hydroxylation is 1. The van der Waals surface area contributed by atoms with E-state index < -0.39 is 12.1 Å². The number of hydrogen-bond acceptors (Lipinski definition) is 2. The first kappa shape index (κ1) is 28.7. The van der Waals surface area contributed by atoms with Gasteiger partial charge in [-0.2, -0.15) is 0 Å². The van der Waals surface area contributed by atoms with E-state index in [4.69, 9.17) is 0 Å². The summed E-state index contributed by atoms with van der Waals surface area (Å²) in [5.74, 6) is -0.532. The van der Waals surface area contributed by atoms with E-state index in [1.165, 1.54) is 44.9 Å². The highest BCUT2D eigenvalue weighted by Crippen LogP contribution is 2.42. The molecule has 0 saturated carbocycles. The first-order valence-corrected chi connectivity index (χ1v) is 12.9. The van der Waals surface area contributed by atoms with Crippen LogP contribution in [0, 0.1) is 22.7 Å². The quantitative estimate of drug-likeness (QED) is 0.283. The molecule has 3 atom stereocenters. The molecule has 0 heterocycles. The van der Waals surface area contributed by atoms with Crippen molar-refractivity contribution in [2.24, 2.45) is 22.7 Å². The zero-order valence-electron chi connectivity index (χ0n) is 21.9. The van der Waals surface area contributed by atoms with Gasteiger partial charge in [-0.05, 0) is 53.6 Å². The van der Waals surface area contributed by atoms with E-state index in [1.807, 2.05) is 12.1 Å². The number of carbonyl (C=O) groups is 1. The second-order valence-electron chi connectivity index (χ2n) is 11.8. The Balaban J connectivity index is 2.87. The fourth-order valence-corrected chi connectivity index (χ4v) is 5.09. The highest BCUT2D eigenvalue weighted by Gasteiger charge is 2.39. The lowest BCUT2D eigenvalue weighted by molar-refractivity contribution is -0.0441. The Bertz CT molecular complexity index is 666. The van der Waals surface area contributed by atoms with Gasteiger partial charge in [-0.1, -0.05) is 112 Å². The Morgan fingerprint density at radius 1 is 0.812 bits per heavy atom. The summed E-state index contributed by atoms with van der Waals surface area (Å²) in [6.07, 6.45) is 11.1. The van der Waals surface area contributed by atoms with Crippen LogP contribution < -0.4 is 0 Å². The van der Waals surface area contributed by atoms with Gasteiger partial charge in [0, 0.05) is 0 Å². The number of hydrogen-bond donors (Lipinski definition) is 2. The summed E-state index contributed by atoms with van der Waals surface area (Å²) in [6, 6.07) is 7.28. The van der Waals surface area contributed by atoms with Crippen molar-refractivity contribution in [2.45, 2.75) is 119 Å². The van der Waals surface area contributed by atoms with Crippen LogP contribution in [-0.2, 0) is 6.42 Å². The minimum absolute atomic E-state index is 0.0318. The van der Waals surface area contributed by atoms with Crippen molar-refractivity contribution in [3.8, 4) is 0 Å². The Labute approximate surface area is 198 Å². The molecule has 184 valence electrons. The predicted octanol–water partition coefficient (Wildman–Crippen LogP) is 8.14. The molecular weight excluding hydrogens is 396 g/mol. The van der Waals surface area contributed by atoms with Gasteiger partial charge in [0.15, 0.2) is 0 Å². The first-order chi connectivity index (χ1) is 14.9. The fraction of sp³-hybridized carbons (Fsp3) is 0.759. The molecule has 0 fully saturated rings. The molecule has 0 aliphatic heterocycles. The second-order valence-corrected chi connectivity index (χ2v) is 11.8. The monoisotopic (exact) mass is 446 g/mol. The molecule has 2 N–H and O–H groups in total. The molecule has 0 spiro atoms. The Morgan fingerprint density at radius 2 is 1.31 bits per heavy atom. The van der Waals surface area contributed by atoms with Crippen molar-refractivity contribution in [1.29, 1.82) is 0 Å². The highest BCUT2D eigenvalue weighted by molar-refractivity contribution is 5.89. The molecule has 0 amide bonds. The summed E-state index contributed by atoms with van der Waals surface area (Å²) in [7, 11) is 0. The summed E-state index contributed by atoms with van der Waals surface area (Å²) in [4.78, 5) is 11.6. The molecule has 1 aromatic rings. The van der Waals surface area contributed by atoms with Gasteiger partial charge in [0.25, 0.3) is 0 Å². The lowest BCUT2D eigenvalue weighted by Gasteiger charge is -2.43. The van der Waals surface area contributed by atoms with Crippen molar-refractivity contribution in [3.05, 3.63) is 35.4 Å². The maximum atomic E-state index is 11.7. The summed E-state index contributed by atoms with van der Waals surface area (Å²) < 4.78 is 0. The third-order valence-corrected chi connectivity index (χ3v) is 7.14. The van der Waals surface area contributed by atoms with E-state index >= 15 is 0 Å². The maximum Gasteiger partial charge on any atom is 0.335 e. The normalized spacial score (nSPS) is 15.4. The van der Waals surface area contributed by atoms with E-state index in [1.54, 1.807) is 12.1 Å². The fourth-order valence-electron chi connectivity index (χ4n) is 5.09. The number of aliphatic hydroxyl groups excluding tert-OH is 1. The molecule has 1 aromatic carbocycles. The summed E-state index contributed by atoms with van der Waals surface area (Å²) in [6.45, 7) is 15.6. The van der Waals surface area contributed by atoms with Crippen LogP contribution >= 0.6 is 0 Å². The number of unbranched alkanes of at least 4 members (excludes halogenated alkanes) is 6. The molecule has 3 unspecified atom stereocenters. The van der Waals surface area contributed by atoms with Crippen LogP contribution in [0.25, 0.3) is 0 Å². The first-order valence-electron chi connectivity index (χ1n) is 12.9. The maximum absolute atomic E-state index is 11.7. The van der Waals surface area contributed by atoms with Gasteiger partial charge in [0.05, 0.1) is 11.7 Å². The van der Waals surface area contributed by atoms with E-state index in [0.717, 1.165) is 18.4 Å². The van der Waals surface area contributed by atoms with Crippen molar-refractivity contribution < 1.29 is 15.0 Å². The molecule has 0 aliphatic carbocycles. The van der Waals surface area contributed by atoms with Gasteiger partial charge < -0.3 is 10.2 Å². The zero-order valence-corrected chi connectivity index (χ0v) is 21.9. The van der Waals surface area contributed by atoms with Crippen molar-refractivity contribution in [1.82, 2.24) is 0 Å². The van der Waals surface area contributed by atoms with Crippen LogP contribution in [0.1, 0.15) is 122 Å². The van der Waals surface area contributed by atoms with Gasteiger partial charge in [-0.25, -0.2) is 4.79 Å². The molecule has 1 rings (SSSR count). The lowest BCUT2D eigenvalue weighted by atomic mass is 9.64. The van der Waals surface area contributed by atoms with Gasteiger partial charge in [-0.3, -0.25) is 0 Å². The second kappa shape index (κ2) is 13.4. The van der Waals surface area contributed by atoms with Crippen LogP contribution in [-0.4, -0.2) is 22.3 Å². The average molecular weight is 447 g/mol. The van der Waals surface area contributed by atoms with Gasteiger partial charge in [-0.15, -0.1) is 0 Å². The third-order valence-electron chi connectivity index (χ3n) is 7.14. The smallest absolute Gasteiger partial charge is 0.335 e. The number of carboxylic acid groups (broad SMARTS) is 1. The van der Waals surface area contributed by atoms with Gasteiger partial charge in [0.1, 0.15) is 0 Å². The Morgan fingerprint density at radius 3 is 1.84 bits per heavy atom. The topological polar surface area (TPSA) is 57.5 Å². The van der Waals surface area contributed by atoms with Gasteiger partial charge >= 0.3 is 5.97 Å². The summed E-state index contributed by atoms with van der Waals surface area (Å²) in [5.41, 5.74) is 1.22. The Kier molecular flexibility index (Phi) is 12.0. The summed E-state index contributed by atoms with van der Waals surface area (Å²) in [5, 5.41) is 21.2. The van der Waals surface area contributed by atoms with Crippen LogP contribution in [0.5, 0.6) is 0 Å². The van der Waals surface area contributed by atoms with Crippen molar-refractivity contribution >= 4 is 5.97 Å². The SMILES string of the molecule is CCCCCCCCCC(C(O)C(CCc1ccccc1C(=O)O)C(C)(C)C)C(C)(C)C. The molecule has 0 aromatic heterocycles. The van der Waals surface area contributed by atoms with E-state index in [0.29, 0.717) is 12.0 Å². The molecule has 3 heteroatoms. The molecule has 0 radical (unpaired) electrons. The molecule has 3 nitrogen and oxygen atoms in total. The largest absolute Gasteiger partial charge is 0.478 e. The molecule has 0 bridgehead atoms. The third kappa shape index (κ3) is 9.65. The van der Waals surface area contributed by atoms with Gasteiger partial charge in [0.2, 0.25) is 0 Å². The molecule has 32 heavy (non-hydrogen) atoms. The minimum atomic E-state index is -0.875. The van der Waals surface area contributed by atoms with E-state index in [9.17, 15) is 15.0 Å². The van der Waals surface area contributed by atoms with E-state index in [-0.39, 0.29) is 22.7 Å². The molecule has 0 saturated heterocycles. The highest BCUT2D eigenvalue weighted by atomic mass is 16.4. The minimum Gasteiger partial charge on any atom is -0.478 e. The molecular formula is C29H50O3. The number of aliphatic hydroxyl groups is 1. The average Bonchev–Trinajstić information content (AvgIpc) is 2.68. The standard InChI is InChI=1S/C29H50O3/c1-8-9-10-11-12-13-14-19-24(28(2,3)4)26(30)25(29(5,6)7)21-20-22-17-15-16-18-23(22)27(31)32/h15-18,24-26,30H,8-14,19-21H2,1-7H3,(H,31,32). The van der Waals surface area contributed by atoms with Crippen LogP contribution in [0.2, 0.25) is 0 Å². The van der Waals surface area contributed by atoms with Crippen LogP contribution in [0.15, 0.2) is 24.3 Å². The van der Waals surface area contributed by atoms with Crippen LogP contribution in [0.3, 0.4) is 0 Å². The van der Waals surface area contributed by atoms with E-state index in [2.05, 4.69) is 48.5 Å². The number of carboxylic acids is 1. The molecule has 0 aliphatic rings. The predicted molar refractivity (Wildman–Crippen MR) is 136 cm³/mol. The number of aromatic carboxylic acids is 1. The van der Waals surface area contributed by atoms with Crippen molar-refractivity contribution in [3.63, 3.8) is 0 Å². The van der Waals surface area contributed by atoms with Crippen LogP contribution in [0.4, 0.5) is 0 Å². The Hall–Kier alpha value is -1.35. The lowest BCUT2D eigenvalue weighted by Crippen LogP contribution is -2.42. The zero-order chi connectivity index (χ0) is 24.4. The number of benzene rings is 1. The van der Waals surface area contributed by atoms with Crippen molar-refractivity contribution in [2.75, 3.05) is 0 Å². The number of rotatable bonds is 14.